The Morgan fingerprint density at radius 1 is 1.19 bits per heavy atom. The molecular formula is C24H25FN4O2. The summed E-state index contributed by atoms with van der Waals surface area (Å²) in [7, 11) is 1.63. The van der Waals surface area contributed by atoms with Crippen molar-refractivity contribution in [3.8, 4) is 16.9 Å². The van der Waals surface area contributed by atoms with Gasteiger partial charge in [0.05, 0.1) is 19.2 Å². The number of benzene rings is 2. The maximum atomic E-state index is 13.1. The predicted octanol–water partition coefficient (Wildman–Crippen LogP) is 3.82. The minimum absolute atomic E-state index is 0.0318. The van der Waals surface area contributed by atoms with Crippen molar-refractivity contribution in [1.29, 1.82) is 0 Å². The second kappa shape index (κ2) is 9.12. The fourth-order valence-electron chi connectivity index (χ4n) is 4.03. The molecule has 0 bridgehead atoms. The fraction of sp³-hybridized carbons (Fsp3) is 0.292. The van der Waals surface area contributed by atoms with Crippen LogP contribution in [0, 0.1) is 5.82 Å². The molecular weight excluding hydrogens is 395 g/mol. The summed E-state index contributed by atoms with van der Waals surface area (Å²) in [5, 5.41) is 0. The average molecular weight is 420 g/mol. The summed E-state index contributed by atoms with van der Waals surface area (Å²) in [6.45, 7) is 1.27. The van der Waals surface area contributed by atoms with Crippen LogP contribution < -0.4 is 10.5 Å². The van der Waals surface area contributed by atoms with E-state index in [1.807, 2.05) is 29.2 Å². The first kappa shape index (κ1) is 20.8. The van der Waals surface area contributed by atoms with E-state index < -0.39 is 0 Å². The number of methoxy groups -OCH3 is 1. The molecule has 1 saturated heterocycles. The molecule has 3 aromatic rings. The predicted molar refractivity (Wildman–Crippen MR) is 117 cm³/mol. The highest BCUT2D eigenvalue weighted by Crippen LogP contribution is 2.34. The quantitative estimate of drug-likeness (QED) is 0.679. The number of nitrogens with two attached hydrogens (primary N) is 1. The Morgan fingerprint density at radius 3 is 2.65 bits per heavy atom. The smallest absolute Gasteiger partial charge is 0.227 e. The molecule has 6 nitrogen and oxygen atoms in total. The van der Waals surface area contributed by atoms with E-state index in [0.717, 1.165) is 41.0 Å². The molecule has 0 aliphatic carbocycles. The minimum atomic E-state index is -0.304. The monoisotopic (exact) mass is 420 g/mol. The van der Waals surface area contributed by atoms with Crippen molar-refractivity contribution in [3.05, 3.63) is 71.8 Å². The van der Waals surface area contributed by atoms with Crippen molar-refractivity contribution in [2.24, 2.45) is 0 Å². The Labute approximate surface area is 180 Å². The number of likely N-dealkylation sites (tertiary alicyclic amines) is 1. The SMILES string of the molecule is COc1ccc(-c2cnc(N)nc2[C@@H]2CCCN(C(=O)Cc3ccc(F)cc3)C2)cc1. The van der Waals surface area contributed by atoms with Crippen LogP contribution in [-0.4, -0.2) is 41.0 Å². The molecule has 1 atom stereocenters. The van der Waals surface area contributed by atoms with Crippen LogP contribution in [0.4, 0.5) is 10.3 Å². The Morgan fingerprint density at radius 2 is 1.94 bits per heavy atom. The molecule has 1 amide bonds. The van der Waals surface area contributed by atoms with Gasteiger partial charge in [-0.3, -0.25) is 4.79 Å². The zero-order chi connectivity index (χ0) is 21.8. The molecule has 0 radical (unpaired) electrons. The number of hydrogen-bond acceptors (Lipinski definition) is 5. The molecule has 1 aliphatic heterocycles. The van der Waals surface area contributed by atoms with Gasteiger partial charge in [0, 0.05) is 30.8 Å². The lowest BCUT2D eigenvalue weighted by atomic mass is 9.89. The maximum absolute atomic E-state index is 13.1. The average Bonchev–Trinajstić information content (AvgIpc) is 2.81. The van der Waals surface area contributed by atoms with Crippen LogP contribution in [-0.2, 0) is 11.2 Å². The first-order chi connectivity index (χ1) is 15.0. The molecule has 0 saturated carbocycles. The summed E-state index contributed by atoms with van der Waals surface area (Å²) >= 11 is 0. The van der Waals surface area contributed by atoms with Gasteiger partial charge in [-0.25, -0.2) is 14.4 Å². The van der Waals surface area contributed by atoms with Crippen LogP contribution in [0.25, 0.3) is 11.1 Å². The van der Waals surface area contributed by atoms with Gasteiger partial charge in [-0.15, -0.1) is 0 Å². The third kappa shape index (κ3) is 4.82. The summed E-state index contributed by atoms with van der Waals surface area (Å²) in [4.78, 5) is 23.5. The molecule has 0 spiro atoms. The van der Waals surface area contributed by atoms with E-state index in [1.54, 1.807) is 25.4 Å². The number of hydrogen-bond donors (Lipinski definition) is 1. The molecule has 0 unspecified atom stereocenters. The second-order valence-corrected chi connectivity index (χ2v) is 7.74. The van der Waals surface area contributed by atoms with Gasteiger partial charge in [-0.05, 0) is 48.2 Å². The first-order valence-electron chi connectivity index (χ1n) is 10.3. The van der Waals surface area contributed by atoms with Gasteiger partial charge in [0.25, 0.3) is 0 Å². The molecule has 7 heteroatoms. The zero-order valence-electron chi connectivity index (χ0n) is 17.4. The van der Waals surface area contributed by atoms with E-state index in [2.05, 4.69) is 9.97 Å². The van der Waals surface area contributed by atoms with Gasteiger partial charge in [0.15, 0.2) is 0 Å². The first-order valence-corrected chi connectivity index (χ1v) is 10.3. The molecule has 2 aromatic carbocycles. The molecule has 1 aromatic heterocycles. The van der Waals surface area contributed by atoms with Crippen LogP contribution >= 0.6 is 0 Å². The topological polar surface area (TPSA) is 81.3 Å². The number of piperidine rings is 1. The van der Waals surface area contributed by atoms with Crippen LogP contribution in [0.15, 0.2) is 54.7 Å². The highest BCUT2D eigenvalue weighted by atomic mass is 19.1. The molecule has 4 rings (SSSR count). The summed E-state index contributed by atoms with van der Waals surface area (Å²) < 4.78 is 18.4. The Hall–Kier alpha value is -3.48. The van der Waals surface area contributed by atoms with Gasteiger partial charge in [0.1, 0.15) is 11.6 Å². The van der Waals surface area contributed by atoms with E-state index >= 15 is 0 Å². The van der Waals surface area contributed by atoms with E-state index in [-0.39, 0.29) is 30.0 Å². The van der Waals surface area contributed by atoms with Crippen LogP contribution in [0.1, 0.15) is 30.0 Å². The zero-order valence-corrected chi connectivity index (χ0v) is 17.4. The number of carbonyl (C=O) groups is 1. The van der Waals surface area contributed by atoms with Gasteiger partial charge < -0.3 is 15.4 Å². The van der Waals surface area contributed by atoms with Crippen molar-refractivity contribution in [2.75, 3.05) is 25.9 Å². The summed E-state index contributed by atoms with van der Waals surface area (Å²) in [6.07, 6.45) is 3.80. The molecule has 2 heterocycles. The van der Waals surface area contributed by atoms with Crippen molar-refractivity contribution in [3.63, 3.8) is 0 Å². The van der Waals surface area contributed by atoms with Crippen LogP contribution in [0.5, 0.6) is 5.75 Å². The molecule has 1 aliphatic rings. The van der Waals surface area contributed by atoms with E-state index in [9.17, 15) is 9.18 Å². The maximum Gasteiger partial charge on any atom is 0.227 e. The number of halogens is 1. The summed E-state index contributed by atoms with van der Waals surface area (Å²) in [6, 6.07) is 13.8. The van der Waals surface area contributed by atoms with Crippen molar-refractivity contribution >= 4 is 11.9 Å². The lowest BCUT2D eigenvalue weighted by Crippen LogP contribution is -2.40. The number of anilines is 1. The number of amides is 1. The van der Waals surface area contributed by atoms with E-state index in [4.69, 9.17) is 10.5 Å². The van der Waals surface area contributed by atoms with E-state index in [0.29, 0.717) is 13.1 Å². The highest BCUT2D eigenvalue weighted by molar-refractivity contribution is 5.79. The number of carbonyl (C=O) groups excluding carboxylic acids is 1. The summed E-state index contributed by atoms with van der Waals surface area (Å²) in [5.41, 5.74) is 9.47. The molecule has 31 heavy (non-hydrogen) atoms. The third-order valence-electron chi connectivity index (χ3n) is 5.67. The lowest BCUT2D eigenvalue weighted by molar-refractivity contribution is -0.131. The normalized spacial score (nSPS) is 16.2. The Balaban J connectivity index is 1.55. The molecule has 2 N–H and O–H groups in total. The van der Waals surface area contributed by atoms with Gasteiger partial charge in [-0.1, -0.05) is 24.3 Å². The van der Waals surface area contributed by atoms with Crippen molar-refractivity contribution in [1.82, 2.24) is 14.9 Å². The van der Waals surface area contributed by atoms with Crippen molar-refractivity contribution in [2.45, 2.75) is 25.2 Å². The van der Waals surface area contributed by atoms with Gasteiger partial charge in [-0.2, -0.15) is 0 Å². The number of rotatable bonds is 5. The second-order valence-electron chi connectivity index (χ2n) is 7.74. The van der Waals surface area contributed by atoms with Gasteiger partial charge >= 0.3 is 0 Å². The number of nitrogens with zero attached hydrogens (tertiary/aromatic N) is 3. The summed E-state index contributed by atoms with van der Waals surface area (Å²) in [5.74, 6) is 0.790. The van der Waals surface area contributed by atoms with Crippen molar-refractivity contribution < 1.29 is 13.9 Å². The highest BCUT2D eigenvalue weighted by Gasteiger charge is 2.28. The fourth-order valence-corrected chi connectivity index (χ4v) is 4.03. The van der Waals surface area contributed by atoms with E-state index in [1.165, 1.54) is 12.1 Å². The number of nitrogen functional groups attached to an aromatic ring is 1. The molecule has 1 fully saturated rings. The molecule has 160 valence electrons. The standard InChI is InChI=1S/C24H25FN4O2/c1-31-20-10-6-17(7-11-20)21-14-27-24(26)28-23(21)18-3-2-12-29(15-18)22(30)13-16-4-8-19(25)9-5-16/h4-11,14,18H,2-3,12-13,15H2,1H3,(H2,26,27,28)/t18-/m1/s1. The number of aromatic nitrogens is 2. The Kier molecular flexibility index (Phi) is 6.11. The Bertz CT molecular complexity index is 1050. The third-order valence-corrected chi connectivity index (χ3v) is 5.67. The van der Waals surface area contributed by atoms with Crippen LogP contribution in [0.2, 0.25) is 0 Å². The largest absolute Gasteiger partial charge is 0.497 e. The number of ether oxygens (including phenoxy) is 1. The minimum Gasteiger partial charge on any atom is -0.497 e. The van der Waals surface area contributed by atoms with Gasteiger partial charge in [0.2, 0.25) is 11.9 Å². The van der Waals surface area contributed by atoms with Crippen LogP contribution in [0.3, 0.4) is 0 Å². The lowest BCUT2D eigenvalue weighted by Gasteiger charge is -2.33.